The van der Waals surface area contributed by atoms with Crippen molar-refractivity contribution in [3.8, 4) is 0 Å². The van der Waals surface area contributed by atoms with Gasteiger partial charge in [0, 0.05) is 0 Å². The van der Waals surface area contributed by atoms with Crippen LogP contribution in [0.1, 0.15) is 34.6 Å². The third kappa shape index (κ3) is 7.79. The highest BCUT2D eigenvalue weighted by atomic mass is 16.4. The molecule has 0 saturated carbocycles. The van der Waals surface area contributed by atoms with Crippen LogP contribution in [0.25, 0.3) is 0 Å². The summed E-state index contributed by atoms with van der Waals surface area (Å²) in [5, 5.41) is 25.2. The first kappa shape index (κ1) is 23.8. The third-order valence-corrected chi connectivity index (χ3v) is 3.76. The fourth-order valence-corrected chi connectivity index (χ4v) is 1.98. The van der Waals surface area contributed by atoms with E-state index in [0.717, 1.165) is 0 Å². The fourth-order valence-electron chi connectivity index (χ4n) is 1.98. The lowest BCUT2D eigenvalue weighted by Gasteiger charge is -2.24. The first-order chi connectivity index (χ1) is 11.9. The van der Waals surface area contributed by atoms with Gasteiger partial charge in [-0.15, -0.1) is 0 Å². The van der Waals surface area contributed by atoms with E-state index in [2.05, 4.69) is 16.0 Å². The molecule has 0 aromatic heterocycles. The molecule has 0 bridgehead atoms. The van der Waals surface area contributed by atoms with E-state index in [0.29, 0.717) is 0 Å². The van der Waals surface area contributed by atoms with Crippen LogP contribution < -0.4 is 21.7 Å². The van der Waals surface area contributed by atoms with Crippen molar-refractivity contribution in [3.05, 3.63) is 0 Å². The summed E-state index contributed by atoms with van der Waals surface area (Å²) in [5.41, 5.74) is 5.76. The average molecular weight is 374 g/mol. The Kier molecular flexibility index (Phi) is 9.81. The molecule has 4 atom stereocenters. The Morgan fingerprint density at radius 3 is 1.81 bits per heavy atom. The maximum absolute atomic E-state index is 12.3. The highest BCUT2D eigenvalue weighted by molar-refractivity contribution is 5.92. The van der Waals surface area contributed by atoms with Gasteiger partial charge >= 0.3 is 5.97 Å². The van der Waals surface area contributed by atoms with Crippen LogP contribution in [-0.2, 0) is 19.2 Å². The average Bonchev–Trinajstić information content (AvgIpc) is 2.53. The SMILES string of the molecule is CC(C)C(N)C(=O)NC(C(=O)NCC(=O)NC(C(=O)O)C(C)O)C(C)C. The topological polar surface area (TPSA) is 171 Å². The summed E-state index contributed by atoms with van der Waals surface area (Å²) in [4.78, 5) is 47.0. The summed E-state index contributed by atoms with van der Waals surface area (Å²) in [6.07, 6.45) is -1.30. The van der Waals surface area contributed by atoms with Gasteiger partial charge in [-0.1, -0.05) is 27.7 Å². The molecule has 0 fully saturated rings. The predicted octanol–water partition coefficient (Wildman–Crippen LogP) is -1.82. The molecule has 10 nitrogen and oxygen atoms in total. The smallest absolute Gasteiger partial charge is 0.328 e. The molecule has 0 heterocycles. The molecule has 4 unspecified atom stereocenters. The largest absolute Gasteiger partial charge is 0.480 e. The van der Waals surface area contributed by atoms with Crippen LogP contribution in [0.3, 0.4) is 0 Å². The van der Waals surface area contributed by atoms with Gasteiger partial charge in [-0.2, -0.15) is 0 Å². The Balaban J connectivity index is 4.75. The molecule has 7 N–H and O–H groups in total. The molecule has 0 aromatic carbocycles. The van der Waals surface area contributed by atoms with Gasteiger partial charge in [0.15, 0.2) is 6.04 Å². The van der Waals surface area contributed by atoms with Crippen molar-refractivity contribution in [2.45, 2.75) is 58.8 Å². The maximum atomic E-state index is 12.3. The van der Waals surface area contributed by atoms with Crippen molar-refractivity contribution < 1.29 is 29.4 Å². The number of amides is 3. The summed E-state index contributed by atoms with van der Waals surface area (Å²) in [6, 6.07) is -3.15. The zero-order valence-corrected chi connectivity index (χ0v) is 15.8. The van der Waals surface area contributed by atoms with Crippen LogP contribution in [0.5, 0.6) is 0 Å². The van der Waals surface area contributed by atoms with Gasteiger partial charge in [-0.05, 0) is 18.8 Å². The number of carbonyl (C=O) groups is 4. The Hall–Kier alpha value is -2.20. The van der Waals surface area contributed by atoms with E-state index >= 15 is 0 Å². The van der Waals surface area contributed by atoms with Gasteiger partial charge in [-0.25, -0.2) is 4.79 Å². The maximum Gasteiger partial charge on any atom is 0.328 e. The lowest BCUT2D eigenvalue weighted by Crippen LogP contribution is -2.56. The van der Waals surface area contributed by atoms with Crippen LogP contribution in [0, 0.1) is 11.8 Å². The second kappa shape index (κ2) is 10.7. The van der Waals surface area contributed by atoms with Crippen LogP contribution in [-0.4, -0.2) is 64.7 Å². The molecule has 3 amide bonds. The predicted molar refractivity (Wildman–Crippen MR) is 93.8 cm³/mol. The zero-order valence-electron chi connectivity index (χ0n) is 15.8. The Morgan fingerprint density at radius 2 is 1.42 bits per heavy atom. The molecule has 150 valence electrons. The molecule has 0 aliphatic carbocycles. The van der Waals surface area contributed by atoms with Crippen LogP contribution >= 0.6 is 0 Å². The van der Waals surface area contributed by atoms with Crippen molar-refractivity contribution in [2.24, 2.45) is 17.6 Å². The van der Waals surface area contributed by atoms with Crippen molar-refractivity contribution >= 4 is 23.7 Å². The number of nitrogens with two attached hydrogens (primary N) is 1. The van der Waals surface area contributed by atoms with E-state index in [1.54, 1.807) is 27.7 Å². The summed E-state index contributed by atoms with van der Waals surface area (Å²) >= 11 is 0. The van der Waals surface area contributed by atoms with Gasteiger partial charge in [0.1, 0.15) is 6.04 Å². The number of aliphatic hydroxyl groups excluding tert-OH is 1. The van der Waals surface area contributed by atoms with Crippen LogP contribution in [0.4, 0.5) is 0 Å². The molecule has 26 heavy (non-hydrogen) atoms. The number of rotatable bonds is 10. The molecule has 10 heteroatoms. The molecule has 0 saturated heterocycles. The number of nitrogens with one attached hydrogen (secondary N) is 3. The first-order valence-electron chi connectivity index (χ1n) is 8.42. The summed E-state index contributed by atoms with van der Waals surface area (Å²) < 4.78 is 0. The minimum Gasteiger partial charge on any atom is -0.480 e. The molecule has 0 aliphatic rings. The second-order valence-corrected chi connectivity index (χ2v) is 6.84. The van der Waals surface area contributed by atoms with Gasteiger partial charge < -0.3 is 31.9 Å². The lowest BCUT2D eigenvalue weighted by atomic mass is 10.0. The van der Waals surface area contributed by atoms with E-state index in [-0.39, 0.29) is 11.8 Å². The van der Waals surface area contributed by atoms with E-state index in [1.165, 1.54) is 6.92 Å². The highest BCUT2D eigenvalue weighted by Crippen LogP contribution is 2.05. The molecular formula is C16H30N4O6. The van der Waals surface area contributed by atoms with Gasteiger partial charge in [-0.3, -0.25) is 14.4 Å². The van der Waals surface area contributed by atoms with E-state index in [4.69, 9.17) is 10.8 Å². The first-order valence-corrected chi connectivity index (χ1v) is 8.42. The lowest BCUT2D eigenvalue weighted by molar-refractivity contribution is -0.144. The Morgan fingerprint density at radius 1 is 0.885 bits per heavy atom. The van der Waals surface area contributed by atoms with E-state index < -0.39 is 54.5 Å². The number of hydrogen-bond donors (Lipinski definition) is 6. The molecule has 0 aromatic rings. The summed E-state index contributed by atoms with van der Waals surface area (Å²) in [6.45, 7) is 7.73. The summed E-state index contributed by atoms with van der Waals surface area (Å²) in [7, 11) is 0. The molecule has 0 rings (SSSR count). The Labute approximate surface area is 152 Å². The van der Waals surface area contributed by atoms with Crippen molar-refractivity contribution in [1.29, 1.82) is 0 Å². The standard InChI is InChI=1S/C16H30N4O6/c1-7(2)11(17)14(23)20-12(8(3)4)15(24)18-6-10(22)19-13(9(5)21)16(25)26/h7-9,11-13,21H,6,17H2,1-5H3,(H,18,24)(H,19,22)(H,20,23)(H,25,26). The van der Waals surface area contributed by atoms with E-state index in [9.17, 15) is 24.3 Å². The fraction of sp³-hybridized carbons (Fsp3) is 0.750. The number of carbonyl (C=O) groups excluding carboxylic acids is 3. The molecule has 0 radical (unpaired) electrons. The zero-order chi connectivity index (χ0) is 20.6. The number of aliphatic hydroxyl groups is 1. The van der Waals surface area contributed by atoms with Gasteiger partial charge in [0.05, 0.1) is 18.7 Å². The molecule has 0 aliphatic heterocycles. The third-order valence-electron chi connectivity index (χ3n) is 3.76. The monoisotopic (exact) mass is 374 g/mol. The van der Waals surface area contributed by atoms with Crippen molar-refractivity contribution in [1.82, 2.24) is 16.0 Å². The minimum atomic E-state index is -1.48. The highest BCUT2D eigenvalue weighted by Gasteiger charge is 2.29. The van der Waals surface area contributed by atoms with Crippen molar-refractivity contribution in [3.63, 3.8) is 0 Å². The Bertz CT molecular complexity index is 521. The van der Waals surface area contributed by atoms with Crippen molar-refractivity contribution in [2.75, 3.05) is 6.54 Å². The van der Waals surface area contributed by atoms with Gasteiger partial charge in [0.25, 0.3) is 0 Å². The molecule has 0 spiro atoms. The van der Waals surface area contributed by atoms with Crippen LogP contribution in [0.15, 0.2) is 0 Å². The number of aliphatic carboxylic acids is 1. The number of carboxylic acid groups (broad SMARTS) is 1. The van der Waals surface area contributed by atoms with Crippen LogP contribution in [0.2, 0.25) is 0 Å². The summed E-state index contributed by atoms with van der Waals surface area (Å²) in [5.74, 6) is -3.61. The van der Waals surface area contributed by atoms with Gasteiger partial charge in [0.2, 0.25) is 17.7 Å². The number of hydrogen-bond acceptors (Lipinski definition) is 6. The quantitative estimate of drug-likeness (QED) is 0.261. The van der Waals surface area contributed by atoms with E-state index in [1.807, 2.05) is 0 Å². The number of carboxylic acids is 1. The minimum absolute atomic E-state index is 0.106. The normalized spacial score (nSPS) is 15.7. The second-order valence-electron chi connectivity index (χ2n) is 6.84. The molecular weight excluding hydrogens is 344 g/mol.